The van der Waals surface area contributed by atoms with Crippen LogP contribution in [0.1, 0.15) is 11.6 Å². The van der Waals surface area contributed by atoms with E-state index < -0.39 is 11.1 Å². The van der Waals surface area contributed by atoms with E-state index in [0.29, 0.717) is 23.2 Å². The van der Waals surface area contributed by atoms with E-state index in [1.165, 1.54) is 4.80 Å². The average molecular weight is 339 g/mol. The lowest BCUT2D eigenvalue weighted by atomic mass is 10.3. The van der Waals surface area contributed by atoms with Gasteiger partial charge < -0.3 is 4.55 Å². The normalized spacial score (nSPS) is 12.5. The highest BCUT2D eigenvalue weighted by atomic mass is 35.5. The molecule has 1 unspecified atom stereocenters. The molecule has 0 saturated carbocycles. The van der Waals surface area contributed by atoms with Crippen LogP contribution in [0.2, 0.25) is 5.02 Å². The fourth-order valence-electron chi connectivity index (χ4n) is 2.00. The minimum Gasteiger partial charge on any atom is -0.306 e. The summed E-state index contributed by atoms with van der Waals surface area (Å²) < 4.78 is 21.9. The third kappa shape index (κ3) is 3.21. The van der Waals surface area contributed by atoms with Crippen molar-refractivity contribution in [3.8, 4) is 5.69 Å². The summed E-state index contributed by atoms with van der Waals surface area (Å²) in [6.07, 6.45) is 3.12. The lowest BCUT2D eigenvalue weighted by molar-refractivity contribution is 0.558. The van der Waals surface area contributed by atoms with Crippen molar-refractivity contribution in [2.75, 3.05) is 0 Å². The highest BCUT2D eigenvalue weighted by molar-refractivity contribution is 7.78. The first-order valence-electron chi connectivity index (χ1n) is 6.24. The van der Waals surface area contributed by atoms with Crippen LogP contribution in [0.3, 0.4) is 0 Å². The Hall–Kier alpha value is -2.10. The zero-order valence-electron chi connectivity index (χ0n) is 11.2. The standard InChI is InChI=1S/C12H11ClN6O2S/c13-9-1-3-10(4-2-9)19-11(7-18-14-5-6-15-18)16-17-12(19)8-22(20)21/h1-6H,7-8H2,(H,20,21). The van der Waals surface area contributed by atoms with Crippen molar-refractivity contribution in [1.29, 1.82) is 0 Å². The lowest BCUT2D eigenvalue weighted by Gasteiger charge is -2.09. The molecule has 0 bridgehead atoms. The predicted octanol–water partition coefficient (Wildman–Crippen LogP) is 1.28. The van der Waals surface area contributed by atoms with Gasteiger partial charge in [0.15, 0.2) is 22.7 Å². The molecule has 0 aliphatic carbocycles. The Morgan fingerprint density at radius 2 is 1.73 bits per heavy atom. The molecule has 0 amide bonds. The lowest BCUT2D eigenvalue weighted by Crippen LogP contribution is -2.12. The Morgan fingerprint density at radius 3 is 2.36 bits per heavy atom. The second-order valence-electron chi connectivity index (χ2n) is 4.37. The first-order valence-corrected chi connectivity index (χ1v) is 7.89. The summed E-state index contributed by atoms with van der Waals surface area (Å²) in [6.45, 7) is 0.292. The Balaban J connectivity index is 2.04. The summed E-state index contributed by atoms with van der Waals surface area (Å²) >= 11 is 3.88. The second kappa shape index (κ2) is 6.34. The molecule has 0 saturated heterocycles. The zero-order valence-corrected chi connectivity index (χ0v) is 12.8. The Bertz CT molecular complexity index is 787. The van der Waals surface area contributed by atoms with Gasteiger partial charge in [-0.3, -0.25) is 4.57 Å². The Labute approximate surface area is 133 Å². The molecule has 8 nitrogen and oxygen atoms in total. The molecule has 1 aromatic carbocycles. The fourth-order valence-corrected chi connectivity index (χ4v) is 2.53. The van der Waals surface area contributed by atoms with Crippen LogP contribution in [0.25, 0.3) is 5.69 Å². The molecule has 10 heteroatoms. The summed E-state index contributed by atoms with van der Waals surface area (Å²) in [5, 5.41) is 16.7. The highest BCUT2D eigenvalue weighted by Gasteiger charge is 2.16. The van der Waals surface area contributed by atoms with Crippen molar-refractivity contribution in [3.05, 3.63) is 53.3 Å². The number of rotatable bonds is 5. The van der Waals surface area contributed by atoms with Gasteiger partial charge in [-0.15, -0.1) is 10.2 Å². The van der Waals surface area contributed by atoms with E-state index in [1.54, 1.807) is 41.2 Å². The molecule has 1 atom stereocenters. The summed E-state index contributed by atoms with van der Waals surface area (Å²) in [5.74, 6) is 0.812. The molecule has 0 spiro atoms. The molecule has 2 heterocycles. The second-order valence-corrected chi connectivity index (χ2v) is 5.74. The maximum Gasteiger partial charge on any atom is 0.161 e. The molecule has 22 heavy (non-hydrogen) atoms. The molecular weight excluding hydrogens is 328 g/mol. The smallest absolute Gasteiger partial charge is 0.161 e. The van der Waals surface area contributed by atoms with Crippen molar-refractivity contribution in [1.82, 2.24) is 29.8 Å². The van der Waals surface area contributed by atoms with Crippen LogP contribution in [0.5, 0.6) is 0 Å². The van der Waals surface area contributed by atoms with Gasteiger partial charge in [-0.1, -0.05) is 11.6 Å². The average Bonchev–Trinajstić information content (AvgIpc) is 3.11. The molecule has 0 aliphatic rings. The summed E-state index contributed by atoms with van der Waals surface area (Å²) in [7, 11) is 0. The third-order valence-corrected chi connectivity index (χ3v) is 3.64. The first-order chi connectivity index (χ1) is 10.6. The van der Waals surface area contributed by atoms with Crippen LogP contribution >= 0.6 is 11.6 Å². The molecule has 114 valence electrons. The summed E-state index contributed by atoms with van der Waals surface area (Å²) in [4.78, 5) is 1.45. The first kappa shape index (κ1) is 14.8. The number of hydrogen-bond donors (Lipinski definition) is 1. The van der Waals surface area contributed by atoms with Gasteiger partial charge in [-0.25, -0.2) is 4.21 Å². The van der Waals surface area contributed by atoms with Gasteiger partial charge in [0.25, 0.3) is 0 Å². The van der Waals surface area contributed by atoms with Gasteiger partial charge in [0, 0.05) is 10.7 Å². The molecule has 2 aromatic heterocycles. The van der Waals surface area contributed by atoms with Crippen LogP contribution in [0.4, 0.5) is 0 Å². The van der Waals surface area contributed by atoms with Crippen LogP contribution in [0, 0.1) is 0 Å². The highest BCUT2D eigenvalue weighted by Crippen LogP contribution is 2.18. The van der Waals surface area contributed by atoms with Crippen molar-refractivity contribution in [3.63, 3.8) is 0 Å². The maximum atomic E-state index is 11.1. The molecule has 3 rings (SSSR count). The van der Waals surface area contributed by atoms with Crippen LogP contribution < -0.4 is 0 Å². The van der Waals surface area contributed by atoms with Gasteiger partial charge in [0.1, 0.15) is 12.3 Å². The van der Waals surface area contributed by atoms with Crippen molar-refractivity contribution < 1.29 is 8.76 Å². The van der Waals surface area contributed by atoms with E-state index in [0.717, 1.165) is 5.69 Å². The van der Waals surface area contributed by atoms with Crippen LogP contribution in [0.15, 0.2) is 36.7 Å². The van der Waals surface area contributed by atoms with Crippen molar-refractivity contribution in [2.45, 2.75) is 12.3 Å². The van der Waals surface area contributed by atoms with Crippen molar-refractivity contribution >= 4 is 22.7 Å². The number of halogens is 1. The molecule has 0 fully saturated rings. The zero-order chi connectivity index (χ0) is 15.5. The van der Waals surface area contributed by atoms with E-state index in [2.05, 4.69) is 20.4 Å². The minimum atomic E-state index is -2.02. The SMILES string of the molecule is O=S(O)Cc1nnc(Cn2nccn2)n1-c1ccc(Cl)cc1. The topological polar surface area (TPSA) is 98.7 Å². The number of benzene rings is 1. The number of hydrogen-bond acceptors (Lipinski definition) is 5. The van der Waals surface area contributed by atoms with Crippen LogP contribution in [-0.4, -0.2) is 38.5 Å². The molecular formula is C12H11ClN6O2S. The summed E-state index contributed by atoms with van der Waals surface area (Å²) in [6, 6.07) is 7.03. The van der Waals surface area contributed by atoms with Gasteiger partial charge in [0.2, 0.25) is 0 Å². The minimum absolute atomic E-state index is 0.123. The van der Waals surface area contributed by atoms with E-state index in [4.69, 9.17) is 16.2 Å². The predicted molar refractivity (Wildman–Crippen MR) is 80.0 cm³/mol. The maximum absolute atomic E-state index is 11.1. The van der Waals surface area contributed by atoms with Crippen molar-refractivity contribution in [2.24, 2.45) is 0 Å². The molecule has 1 N–H and O–H groups in total. The van der Waals surface area contributed by atoms with Gasteiger partial charge in [-0.05, 0) is 24.3 Å². The van der Waals surface area contributed by atoms with Gasteiger partial charge in [-0.2, -0.15) is 15.0 Å². The number of aromatic nitrogens is 6. The van der Waals surface area contributed by atoms with E-state index in [9.17, 15) is 4.21 Å². The third-order valence-electron chi connectivity index (χ3n) is 2.88. The van der Waals surface area contributed by atoms with Gasteiger partial charge >= 0.3 is 0 Å². The van der Waals surface area contributed by atoms with E-state index in [1.807, 2.05) is 0 Å². The van der Waals surface area contributed by atoms with E-state index >= 15 is 0 Å². The monoisotopic (exact) mass is 338 g/mol. The van der Waals surface area contributed by atoms with Crippen LogP contribution in [-0.2, 0) is 23.4 Å². The molecule has 0 aliphatic heterocycles. The fraction of sp³-hybridized carbons (Fsp3) is 0.167. The van der Waals surface area contributed by atoms with E-state index in [-0.39, 0.29) is 5.75 Å². The number of nitrogens with zero attached hydrogens (tertiary/aromatic N) is 6. The summed E-state index contributed by atoms with van der Waals surface area (Å²) in [5.41, 5.74) is 0.747. The quantitative estimate of drug-likeness (QED) is 0.704. The molecule has 3 aromatic rings. The molecule has 0 radical (unpaired) electrons. The van der Waals surface area contributed by atoms with Gasteiger partial charge in [0.05, 0.1) is 12.4 Å². The largest absolute Gasteiger partial charge is 0.306 e. The Morgan fingerprint density at radius 1 is 1.09 bits per heavy atom. The Kier molecular flexibility index (Phi) is 4.27.